The first-order chi connectivity index (χ1) is 9.80. The van der Waals surface area contributed by atoms with E-state index in [1.807, 2.05) is 18.4 Å². The van der Waals surface area contributed by atoms with Crippen molar-refractivity contribution in [3.8, 4) is 0 Å². The molecule has 0 unspecified atom stereocenters. The van der Waals surface area contributed by atoms with Crippen LogP contribution in [0.15, 0.2) is 17.2 Å². The number of hydrogen-bond acceptors (Lipinski definition) is 4. The van der Waals surface area contributed by atoms with Crippen LogP contribution in [-0.4, -0.2) is 42.6 Å². The molecular weight excluding hydrogens is 290 g/mol. The van der Waals surface area contributed by atoms with Gasteiger partial charge in [-0.25, -0.2) is 8.42 Å². The largest absolute Gasteiger partial charge is 0.373 e. The van der Waals surface area contributed by atoms with Gasteiger partial charge in [0, 0.05) is 38.1 Å². The van der Waals surface area contributed by atoms with Crippen LogP contribution in [0.2, 0.25) is 0 Å². The quantitative estimate of drug-likeness (QED) is 0.884. The van der Waals surface area contributed by atoms with E-state index in [0.717, 1.165) is 18.7 Å². The molecule has 2 heterocycles. The van der Waals surface area contributed by atoms with Crippen molar-refractivity contribution in [3.05, 3.63) is 18.0 Å². The van der Waals surface area contributed by atoms with Crippen LogP contribution in [-0.2, 0) is 27.8 Å². The van der Waals surface area contributed by atoms with E-state index in [0.29, 0.717) is 31.1 Å². The fourth-order valence-electron chi connectivity index (χ4n) is 2.61. The Hall–Kier alpha value is -0.890. The highest BCUT2D eigenvalue weighted by Crippen LogP contribution is 2.25. The van der Waals surface area contributed by atoms with Gasteiger partial charge in [-0.15, -0.1) is 0 Å². The summed E-state index contributed by atoms with van der Waals surface area (Å²) < 4.78 is 34.6. The third kappa shape index (κ3) is 3.48. The molecule has 0 spiro atoms. The molecule has 0 amide bonds. The zero-order valence-electron chi connectivity index (χ0n) is 13.0. The van der Waals surface area contributed by atoms with E-state index in [1.54, 1.807) is 12.3 Å². The number of hydrogen-bond donors (Lipinski definition) is 1. The molecule has 1 saturated heterocycles. The first kappa shape index (κ1) is 16.5. The third-order valence-corrected chi connectivity index (χ3v) is 5.47. The average Bonchev–Trinajstić information content (AvgIpc) is 2.82. The second-order valence-electron chi connectivity index (χ2n) is 6.01. The molecular formula is C14H25N3O3S. The first-order valence-electron chi connectivity index (χ1n) is 7.33. The van der Waals surface area contributed by atoms with Gasteiger partial charge < -0.3 is 15.0 Å². The van der Waals surface area contributed by atoms with Gasteiger partial charge in [0.15, 0.2) is 0 Å². The molecule has 0 saturated carbocycles. The second kappa shape index (κ2) is 6.08. The van der Waals surface area contributed by atoms with Crippen molar-refractivity contribution < 1.29 is 13.2 Å². The molecule has 1 aliphatic rings. The van der Waals surface area contributed by atoms with E-state index in [1.165, 1.54) is 4.31 Å². The summed E-state index contributed by atoms with van der Waals surface area (Å²) in [6.07, 6.45) is 2.63. The molecule has 0 radical (unpaired) electrons. The molecule has 1 aromatic rings. The molecule has 7 heteroatoms. The Balaban J connectivity index is 2.31. The van der Waals surface area contributed by atoms with E-state index in [-0.39, 0.29) is 0 Å². The molecule has 120 valence electrons. The Bertz CT molecular complexity index is 593. The van der Waals surface area contributed by atoms with Gasteiger partial charge in [0.25, 0.3) is 0 Å². The SMILES string of the molecule is CCCn1cc(S(=O)(=O)N2CCOC(C)(C)C2)cc1CN. The van der Waals surface area contributed by atoms with Crippen LogP contribution in [0, 0.1) is 0 Å². The van der Waals surface area contributed by atoms with Crippen LogP contribution in [0.4, 0.5) is 0 Å². The van der Waals surface area contributed by atoms with Gasteiger partial charge in [-0.2, -0.15) is 4.31 Å². The molecule has 0 aliphatic carbocycles. The summed E-state index contributed by atoms with van der Waals surface area (Å²) in [5.74, 6) is 0. The number of ether oxygens (including phenoxy) is 1. The van der Waals surface area contributed by atoms with E-state index in [4.69, 9.17) is 10.5 Å². The lowest BCUT2D eigenvalue weighted by Gasteiger charge is -2.37. The summed E-state index contributed by atoms with van der Waals surface area (Å²) in [4.78, 5) is 0.328. The fourth-order valence-corrected chi connectivity index (χ4v) is 4.25. The standard InChI is InChI=1S/C14H25N3O3S/c1-4-5-16-10-13(8-12(16)9-15)21(18,19)17-6-7-20-14(2,3)11-17/h8,10H,4-7,9,11,15H2,1-3H3. The van der Waals surface area contributed by atoms with E-state index >= 15 is 0 Å². The Morgan fingerprint density at radius 2 is 2.14 bits per heavy atom. The third-order valence-electron chi connectivity index (χ3n) is 3.66. The maximum Gasteiger partial charge on any atom is 0.244 e. The predicted octanol–water partition coefficient (Wildman–Crippen LogP) is 1.16. The van der Waals surface area contributed by atoms with Crippen molar-refractivity contribution in [2.24, 2.45) is 5.73 Å². The van der Waals surface area contributed by atoms with Crippen molar-refractivity contribution >= 4 is 10.0 Å². The van der Waals surface area contributed by atoms with Crippen LogP contribution in [0.5, 0.6) is 0 Å². The van der Waals surface area contributed by atoms with Crippen LogP contribution in [0.1, 0.15) is 32.9 Å². The molecule has 2 N–H and O–H groups in total. The Morgan fingerprint density at radius 3 is 2.71 bits per heavy atom. The van der Waals surface area contributed by atoms with E-state index in [2.05, 4.69) is 6.92 Å². The molecule has 6 nitrogen and oxygen atoms in total. The normalized spacial score (nSPS) is 19.8. The maximum absolute atomic E-state index is 12.8. The van der Waals surface area contributed by atoms with Crippen molar-refractivity contribution in [1.82, 2.24) is 8.87 Å². The highest BCUT2D eigenvalue weighted by atomic mass is 32.2. The van der Waals surface area contributed by atoms with Gasteiger partial charge in [0.1, 0.15) is 4.90 Å². The van der Waals surface area contributed by atoms with Gasteiger partial charge in [0.2, 0.25) is 10.0 Å². The summed E-state index contributed by atoms with van der Waals surface area (Å²) in [7, 11) is -3.49. The number of nitrogens with two attached hydrogens (primary N) is 1. The summed E-state index contributed by atoms with van der Waals surface area (Å²) in [6, 6.07) is 1.69. The first-order valence-corrected chi connectivity index (χ1v) is 8.77. The minimum Gasteiger partial charge on any atom is -0.373 e. The number of aromatic nitrogens is 1. The van der Waals surface area contributed by atoms with E-state index < -0.39 is 15.6 Å². The van der Waals surface area contributed by atoms with Gasteiger partial charge in [-0.05, 0) is 26.3 Å². The number of rotatable bonds is 5. The smallest absolute Gasteiger partial charge is 0.244 e. The number of nitrogens with zero attached hydrogens (tertiary/aromatic N) is 2. The number of aryl methyl sites for hydroxylation is 1. The zero-order chi connectivity index (χ0) is 15.7. The molecule has 0 atom stereocenters. The van der Waals surface area contributed by atoms with Gasteiger partial charge >= 0.3 is 0 Å². The maximum atomic E-state index is 12.8. The van der Waals surface area contributed by atoms with Gasteiger partial charge in [0.05, 0.1) is 12.2 Å². The Morgan fingerprint density at radius 1 is 1.43 bits per heavy atom. The molecule has 1 aliphatic heterocycles. The van der Waals surface area contributed by atoms with Crippen molar-refractivity contribution in [2.75, 3.05) is 19.7 Å². The van der Waals surface area contributed by atoms with Gasteiger partial charge in [-0.3, -0.25) is 0 Å². The molecule has 0 aromatic carbocycles. The van der Waals surface area contributed by atoms with Crippen LogP contribution < -0.4 is 5.73 Å². The Kier molecular flexibility index (Phi) is 4.77. The monoisotopic (exact) mass is 315 g/mol. The molecule has 1 aromatic heterocycles. The molecule has 1 fully saturated rings. The fraction of sp³-hybridized carbons (Fsp3) is 0.714. The minimum atomic E-state index is -3.49. The highest BCUT2D eigenvalue weighted by Gasteiger charge is 2.35. The molecule has 2 rings (SSSR count). The van der Waals surface area contributed by atoms with Crippen molar-refractivity contribution in [1.29, 1.82) is 0 Å². The van der Waals surface area contributed by atoms with Crippen molar-refractivity contribution in [2.45, 2.75) is 50.8 Å². The van der Waals surface area contributed by atoms with Crippen molar-refractivity contribution in [3.63, 3.8) is 0 Å². The highest BCUT2D eigenvalue weighted by molar-refractivity contribution is 7.89. The summed E-state index contributed by atoms with van der Waals surface area (Å²) >= 11 is 0. The topological polar surface area (TPSA) is 77.6 Å². The van der Waals surface area contributed by atoms with Crippen LogP contribution in [0.25, 0.3) is 0 Å². The lowest BCUT2D eigenvalue weighted by Crippen LogP contribution is -2.50. The Labute approximate surface area is 126 Å². The summed E-state index contributed by atoms with van der Waals surface area (Å²) in [5, 5.41) is 0. The second-order valence-corrected chi connectivity index (χ2v) is 7.95. The predicted molar refractivity (Wildman–Crippen MR) is 81.4 cm³/mol. The lowest BCUT2D eigenvalue weighted by atomic mass is 10.1. The number of sulfonamides is 1. The summed E-state index contributed by atoms with van der Waals surface area (Å²) in [6.45, 7) is 8.16. The van der Waals surface area contributed by atoms with Crippen LogP contribution in [0.3, 0.4) is 0 Å². The number of morpholine rings is 1. The molecule has 0 bridgehead atoms. The average molecular weight is 315 g/mol. The minimum absolute atomic E-state index is 0.328. The lowest BCUT2D eigenvalue weighted by molar-refractivity contribution is -0.0640. The van der Waals surface area contributed by atoms with Crippen LogP contribution >= 0.6 is 0 Å². The summed E-state index contributed by atoms with van der Waals surface area (Å²) in [5.41, 5.74) is 6.11. The molecule has 21 heavy (non-hydrogen) atoms. The van der Waals surface area contributed by atoms with E-state index in [9.17, 15) is 8.42 Å². The van der Waals surface area contributed by atoms with Gasteiger partial charge in [-0.1, -0.05) is 6.92 Å². The zero-order valence-corrected chi connectivity index (χ0v) is 13.8.